The van der Waals surface area contributed by atoms with Gasteiger partial charge in [0.15, 0.2) is 0 Å². The molecule has 0 aliphatic carbocycles. The van der Waals surface area contributed by atoms with E-state index in [1.165, 1.54) is 0 Å². The highest BCUT2D eigenvalue weighted by molar-refractivity contribution is 5.68. The molecular weight excluding hydrogens is 230 g/mol. The van der Waals surface area contributed by atoms with Crippen LogP contribution in [0.4, 0.5) is 4.79 Å². The topological polar surface area (TPSA) is 67.0 Å². The minimum atomic E-state index is -0.504. The van der Waals surface area contributed by atoms with Crippen LogP contribution >= 0.6 is 0 Å². The third-order valence-corrected chi connectivity index (χ3v) is 2.32. The molecule has 18 heavy (non-hydrogen) atoms. The zero-order valence-corrected chi connectivity index (χ0v) is 12.0. The first-order valence-electron chi connectivity index (χ1n) is 6.08. The third-order valence-electron chi connectivity index (χ3n) is 2.32. The van der Waals surface area contributed by atoms with Gasteiger partial charge < -0.3 is 15.0 Å². The summed E-state index contributed by atoms with van der Waals surface area (Å²) in [5.74, 6) is 0.730. The smallest absolute Gasteiger partial charge is 0.408 e. The van der Waals surface area contributed by atoms with Gasteiger partial charge in [-0.05, 0) is 26.2 Å². The van der Waals surface area contributed by atoms with E-state index in [0.29, 0.717) is 0 Å². The molecule has 0 saturated carbocycles. The van der Waals surface area contributed by atoms with Crippen molar-refractivity contribution in [1.29, 1.82) is 0 Å². The van der Waals surface area contributed by atoms with Crippen LogP contribution in [0.3, 0.4) is 0 Å². The Balaban J connectivity index is 2.79. The lowest BCUT2D eigenvalue weighted by molar-refractivity contribution is 0.0458. The Hall–Kier alpha value is -1.52. The zero-order chi connectivity index (χ0) is 14.0. The molecule has 5 nitrogen and oxygen atoms in total. The molecule has 1 atom stereocenters. The minimum Gasteiger partial charge on any atom is -0.444 e. The van der Waals surface area contributed by atoms with Crippen LogP contribution in [-0.4, -0.2) is 21.7 Å². The molecule has 0 saturated heterocycles. The number of imidazole rings is 1. The quantitative estimate of drug-likeness (QED) is 0.851. The number of nitrogens with zero attached hydrogens (tertiary/aromatic N) is 1. The SMILES string of the molecule is CC(C)(C)OC(=O)N[C@H](c1ncc[nH]1)C(C)(C)C. The summed E-state index contributed by atoms with van der Waals surface area (Å²) >= 11 is 0. The maximum Gasteiger partial charge on any atom is 0.408 e. The number of hydrogen-bond donors (Lipinski definition) is 2. The maximum atomic E-state index is 11.8. The molecular formula is C13H23N3O2. The first kappa shape index (κ1) is 14.5. The number of carbonyl (C=O) groups excluding carboxylic acids is 1. The maximum absolute atomic E-state index is 11.8. The molecule has 0 radical (unpaired) electrons. The number of rotatable bonds is 2. The van der Waals surface area contributed by atoms with Crippen LogP contribution in [0, 0.1) is 5.41 Å². The van der Waals surface area contributed by atoms with Gasteiger partial charge in [-0.25, -0.2) is 9.78 Å². The molecule has 0 fully saturated rings. The molecule has 0 spiro atoms. The summed E-state index contributed by atoms with van der Waals surface area (Å²) in [6.45, 7) is 11.6. The van der Waals surface area contributed by atoms with Crippen molar-refractivity contribution >= 4 is 6.09 Å². The average Bonchev–Trinajstić information content (AvgIpc) is 2.61. The molecule has 0 aromatic carbocycles. The van der Waals surface area contributed by atoms with Crippen molar-refractivity contribution < 1.29 is 9.53 Å². The van der Waals surface area contributed by atoms with Gasteiger partial charge in [0.2, 0.25) is 0 Å². The Morgan fingerprint density at radius 3 is 2.33 bits per heavy atom. The van der Waals surface area contributed by atoms with Crippen LogP contribution in [0.25, 0.3) is 0 Å². The van der Waals surface area contributed by atoms with E-state index in [-0.39, 0.29) is 11.5 Å². The summed E-state index contributed by atoms with van der Waals surface area (Å²) in [4.78, 5) is 19.1. The van der Waals surface area contributed by atoms with Crippen LogP contribution in [0.2, 0.25) is 0 Å². The van der Waals surface area contributed by atoms with Crippen molar-refractivity contribution in [1.82, 2.24) is 15.3 Å². The summed E-state index contributed by atoms with van der Waals surface area (Å²) in [5, 5.41) is 2.86. The van der Waals surface area contributed by atoms with Crippen LogP contribution in [0.1, 0.15) is 53.4 Å². The number of nitrogens with one attached hydrogen (secondary N) is 2. The number of alkyl carbamates (subject to hydrolysis) is 1. The summed E-state index contributed by atoms with van der Waals surface area (Å²) in [5.41, 5.74) is -0.662. The van der Waals surface area contributed by atoms with Crippen molar-refractivity contribution in [2.45, 2.75) is 53.2 Å². The van der Waals surface area contributed by atoms with Gasteiger partial charge in [0.05, 0.1) is 6.04 Å². The number of hydrogen-bond acceptors (Lipinski definition) is 3. The molecule has 0 bridgehead atoms. The second-order valence-electron chi connectivity index (χ2n) is 6.42. The molecule has 0 unspecified atom stereocenters. The fourth-order valence-electron chi connectivity index (χ4n) is 1.56. The van der Waals surface area contributed by atoms with Gasteiger partial charge in [0.25, 0.3) is 0 Å². The first-order chi connectivity index (χ1) is 8.09. The van der Waals surface area contributed by atoms with Gasteiger partial charge in [-0.2, -0.15) is 0 Å². The zero-order valence-electron chi connectivity index (χ0n) is 12.0. The summed E-state index contributed by atoms with van der Waals surface area (Å²) in [6.07, 6.45) is 2.98. The fourth-order valence-corrected chi connectivity index (χ4v) is 1.56. The van der Waals surface area contributed by atoms with E-state index in [2.05, 4.69) is 15.3 Å². The lowest BCUT2D eigenvalue weighted by Gasteiger charge is -2.31. The Morgan fingerprint density at radius 1 is 1.33 bits per heavy atom. The van der Waals surface area contributed by atoms with E-state index in [1.54, 1.807) is 12.4 Å². The molecule has 2 N–H and O–H groups in total. The van der Waals surface area contributed by atoms with E-state index in [1.807, 2.05) is 41.5 Å². The van der Waals surface area contributed by atoms with Crippen LogP contribution in [-0.2, 0) is 4.74 Å². The largest absolute Gasteiger partial charge is 0.444 e. The van der Waals surface area contributed by atoms with Crippen LogP contribution in [0.15, 0.2) is 12.4 Å². The monoisotopic (exact) mass is 253 g/mol. The lowest BCUT2D eigenvalue weighted by Crippen LogP contribution is -2.40. The number of amides is 1. The average molecular weight is 253 g/mol. The Morgan fingerprint density at radius 2 is 1.94 bits per heavy atom. The molecule has 0 aliphatic rings. The van der Waals surface area contributed by atoms with Gasteiger partial charge in [-0.1, -0.05) is 20.8 Å². The molecule has 1 rings (SSSR count). The van der Waals surface area contributed by atoms with Gasteiger partial charge in [-0.15, -0.1) is 0 Å². The number of carbonyl (C=O) groups is 1. The molecule has 0 aliphatic heterocycles. The number of H-pyrrole nitrogens is 1. The molecule has 1 heterocycles. The van der Waals surface area contributed by atoms with Crippen molar-refractivity contribution in [2.24, 2.45) is 5.41 Å². The molecule has 5 heteroatoms. The van der Waals surface area contributed by atoms with E-state index in [4.69, 9.17) is 4.74 Å². The Bertz CT molecular complexity index is 385. The van der Waals surface area contributed by atoms with Crippen molar-refractivity contribution in [3.8, 4) is 0 Å². The highest BCUT2D eigenvalue weighted by Crippen LogP contribution is 2.30. The van der Waals surface area contributed by atoms with E-state index in [9.17, 15) is 4.79 Å². The van der Waals surface area contributed by atoms with E-state index >= 15 is 0 Å². The number of ether oxygens (including phenoxy) is 1. The van der Waals surface area contributed by atoms with Crippen LogP contribution in [0.5, 0.6) is 0 Å². The van der Waals surface area contributed by atoms with Crippen molar-refractivity contribution in [3.05, 3.63) is 18.2 Å². The highest BCUT2D eigenvalue weighted by Gasteiger charge is 2.31. The summed E-state index contributed by atoms with van der Waals surface area (Å²) in [7, 11) is 0. The predicted molar refractivity (Wildman–Crippen MR) is 70.2 cm³/mol. The molecule has 1 amide bonds. The standard InChI is InChI=1S/C13H23N3O2/c1-12(2,3)9(10-14-7-8-15-10)16-11(17)18-13(4,5)6/h7-9H,1-6H3,(H,14,15)(H,16,17)/t9-/m1/s1. The minimum absolute atomic E-state index is 0.158. The van der Waals surface area contributed by atoms with E-state index in [0.717, 1.165) is 5.82 Å². The normalized spacial score (nSPS) is 14.1. The van der Waals surface area contributed by atoms with Gasteiger partial charge in [0, 0.05) is 12.4 Å². The first-order valence-corrected chi connectivity index (χ1v) is 6.08. The van der Waals surface area contributed by atoms with Gasteiger partial charge in [-0.3, -0.25) is 0 Å². The lowest BCUT2D eigenvalue weighted by atomic mass is 9.86. The molecule has 1 aromatic heterocycles. The number of aromatic nitrogens is 2. The second-order valence-corrected chi connectivity index (χ2v) is 6.42. The van der Waals surface area contributed by atoms with Crippen molar-refractivity contribution in [2.75, 3.05) is 0 Å². The summed E-state index contributed by atoms with van der Waals surface area (Å²) < 4.78 is 5.27. The third kappa shape index (κ3) is 4.39. The van der Waals surface area contributed by atoms with Gasteiger partial charge in [0.1, 0.15) is 11.4 Å². The van der Waals surface area contributed by atoms with Gasteiger partial charge >= 0.3 is 6.09 Å². The Kier molecular flexibility index (Phi) is 4.04. The molecule has 102 valence electrons. The van der Waals surface area contributed by atoms with Crippen LogP contribution < -0.4 is 5.32 Å². The van der Waals surface area contributed by atoms with E-state index < -0.39 is 11.7 Å². The Labute approximate surface area is 108 Å². The summed E-state index contributed by atoms with van der Waals surface area (Å²) in [6, 6.07) is -0.220. The fraction of sp³-hybridized carbons (Fsp3) is 0.692. The molecule has 1 aromatic rings. The number of aromatic amines is 1. The van der Waals surface area contributed by atoms with Crippen molar-refractivity contribution in [3.63, 3.8) is 0 Å². The second kappa shape index (κ2) is 5.00. The highest BCUT2D eigenvalue weighted by atomic mass is 16.6. The predicted octanol–water partition coefficient (Wildman–Crippen LogP) is 3.02.